The van der Waals surface area contributed by atoms with Crippen molar-refractivity contribution in [1.29, 1.82) is 0 Å². The average Bonchev–Trinajstić information content (AvgIpc) is 2.77. The minimum Gasteiger partial charge on any atom is -0.326 e. The van der Waals surface area contributed by atoms with Gasteiger partial charge in [0.25, 0.3) is 0 Å². The zero-order valence-corrected chi connectivity index (χ0v) is 13.3. The molecular weight excluding hydrogens is 260 g/mol. The molecule has 116 valence electrons. The molecule has 0 saturated heterocycles. The van der Waals surface area contributed by atoms with Crippen molar-refractivity contribution in [2.75, 3.05) is 4.90 Å². The molecule has 1 saturated carbocycles. The van der Waals surface area contributed by atoms with Gasteiger partial charge in [0.05, 0.1) is 0 Å². The lowest BCUT2D eigenvalue weighted by Gasteiger charge is -2.30. The average molecular weight is 288 g/mol. The molecule has 1 aliphatic carbocycles. The minimum atomic E-state index is 0.185. The second kappa shape index (κ2) is 7.60. The number of nitrogens with zero attached hydrogens (tertiary/aromatic N) is 1. The third-order valence-electron chi connectivity index (χ3n) is 4.41. The largest absolute Gasteiger partial charge is 0.326 e. The minimum absolute atomic E-state index is 0.185. The maximum absolute atomic E-state index is 12.9. The number of carbonyl (C=O) groups is 1. The molecule has 1 fully saturated rings. The fourth-order valence-electron chi connectivity index (χ4n) is 3.20. The molecule has 0 bridgehead atoms. The highest BCUT2D eigenvalue weighted by molar-refractivity contribution is 5.95. The summed E-state index contributed by atoms with van der Waals surface area (Å²) in [5.74, 6) is 0.497. The number of benzene rings is 1. The van der Waals surface area contributed by atoms with Crippen molar-refractivity contribution in [2.24, 2.45) is 11.7 Å². The van der Waals surface area contributed by atoms with Gasteiger partial charge in [0.15, 0.2) is 0 Å². The van der Waals surface area contributed by atoms with E-state index in [9.17, 15) is 4.79 Å². The summed E-state index contributed by atoms with van der Waals surface area (Å²) >= 11 is 0. The first-order chi connectivity index (χ1) is 10.1. The summed E-state index contributed by atoms with van der Waals surface area (Å²) in [5, 5.41) is 0. The van der Waals surface area contributed by atoms with Gasteiger partial charge in [-0.05, 0) is 44.4 Å². The number of amides is 1. The number of hydrogen-bond donors (Lipinski definition) is 1. The van der Waals surface area contributed by atoms with Crippen molar-refractivity contribution in [2.45, 2.75) is 65.0 Å². The molecule has 1 amide bonds. The normalized spacial score (nSPS) is 16.8. The summed E-state index contributed by atoms with van der Waals surface area (Å²) in [5.41, 5.74) is 7.75. The van der Waals surface area contributed by atoms with Crippen molar-refractivity contribution in [3.63, 3.8) is 0 Å². The number of anilines is 1. The quantitative estimate of drug-likeness (QED) is 0.855. The van der Waals surface area contributed by atoms with E-state index in [1.807, 2.05) is 29.2 Å². The molecule has 0 unspecified atom stereocenters. The molecule has 0 heterocycles. The Morgan fingerprint density at radius 3 is 2.19 bits per heavy atom. The Hall–Kier alpha value is -1.35. The second-order valence-corrected chi connectivity index (χ2v) is 6.36. The molecule has 2 rings (SSSR count). The van der Waals surface area contributed by atoms with Gasteiger partial charge < -0.3 is 10.6 Å². The highest BCUT2D eigenvalue weighted by Gasteiger charge is 2.27. The molecule has 2 N–H and O–H groups in total. The molecule has 3 nitrogen and oxygen atoms in total. The van der Waals surface area contributed by atoms with Gasteiger partial charge in [-0.3, -0.25) is 4.79 Å². The van der Waals surface area contributed by atoms with Crippen LogP contribution >= 0.6 is 0 Å². The van der Waals surface area contributed by atoms with Crippen molar-refractivity contribution in [3.05, 3.63) is 29.8 Å². The lowest BCUT2D eigenvalue weighted by atomic mass is 9.97. The first-order valence-corrected chi connectivity index (χ1v) is 8.25. The fourth-order valence-corrected chi connectivity index (χ4v) is 3.20. The van der Waals surface area contributed by atoms with E-state index in [4.69, 9.17) is 5.73 Å². The van der Waals surface area contributed by atoms with E-state index in [1.165, 1.54) is 25.7 Å². The standard InChI is InChI=1S/C18H28N2O/c1-14(2)20(17-11-9-15(13-19)10-12-17)18(21)16-7-5-3-4-6-8-16/h9-12,14,16H,3-8,13,19H2,1-2H3. The predicted octanol–water partition coefficient (Wildman–Crippen LogP) is 3.86. The molecule has 21 heavy (non-hydrogen) atoms. The molecule has 1 aromatic rings. The zero-order valence-electron chi connectivity index (χ0n) is 13.3. The van der Waals surface area contributed by atoms with E-state index < -0.39 is 0 Å². The van der Waals surface area contributed by atoms with Crippen molar-refractivity contribution in [3.8, 4) is 0 Å². The van der Waals surface area contributed by atoms with Gasteiger partial charge in [-0.1, -0.05) is 37.8 Å². The van der Waals surface area contributed by atoms with Gasteiger partial charge in [-0.15, -0.1) is 0 Å². The van der Waals surface area contributed by atoms with Crippen LogP contribution in [0.3, 0.4) is 0 Å². The smallest absolute Gasteiger partial charge is 0.230 e. The van der Waals surface area contributed by atoms with Crippen LogP contribution in [-0.2, 0) is 11.3 Å². The second-order valence-electron chi connectivity index (χ2n) is 6.36. The first-order valence-electron chi connectivity index (χ1n) is 8.25. The van der Waals surface area contributed by atoms with E-state index >= 15 is 0 Å². The number of rotatable bonds is 4. The zero-order chi connectivity index (χ0) is 15.2. The van der Waals surface area contributed by atoms with E-state index in [1.54, 1.807) is 0 Å². The van der Waals surface area contributed by atoms with E-state index in [2.05, 4.69) is 13.8 Å². The van der Waals surface area contributed by atoms with Crippen molar-refractivity contribution in [1.82, 2.24) is 0 Å². The van der Waals surface area contributed by atoms with E-state index in [-0.39, 0.29) is 12.0 Å². The van der Waals surface area contributed by atoms with Crippen LogP contribution in [0.15, 0.2) is 24.3 Å². The van der Waals surface area contributed by atoms with Crippen molar-refractivity contribution >= 4 is 11.6 Å². The topological polar surface area (TPSA) is 46.3 Å². The van der Waals surface area contributed by atoms with Gasteiger partial charge in [0.1, 0.15) is 0 Å². The fraction of sp³-hybridized carbons (Fsp3) is 0.611. The summed E-state index contributed by atoms with van der Waals surface area (Å²) in [4.78, 5) is 14.9. The van der Waals surface area contributed by atoms with E-state index in [0.29, 0.717) is 12.5 Å². The highest BCUT2D eigenvalue weighted by Crippen LogP contribution is 2.28. The van der Waals surface area contributed by atoms with Crippen LogP contribution in [0.1, 0.15) is 57.9 Å². The van der Waals surface area contributed by atoms with E-state index in [0.717, 1.165) is 24.1 Å². The molecule has 0 radical (unpaired) electrons. The third kappa shape index (κ3) is 4.07. The van der Waals surface area contributed by atoms with Gasteiger partial charge in [-0.25, -0.2) is 0 Å². The summed E-state index contributed by atoms with van der Waals surface area (Å²) in [6.45, 7) is 4.72. The Labute approximate surface area is 128 Å². The summed E-state index contributed by atoms with van der Waals surface area (Å²) in [6.07, 6.45) is 7.02. The first kappa shape index (κ1) is 16.0. The number of carbonyl (C=O) groups excluding carboxylic acids is 1. The summed E-state index contributed by atoms with van der Waals surface area (Å²) < 4.78 is 0. The monoisotopic (exact) mass is 288 g/mol. The number of hydrogen-bond acceptors (Lipinski definition) is 2. The van der Waals surface area contributed by atoms with Crippen molar-refractivity contribution < 1.29 is 4.79 Å². The van der Waals surface area contributed by atoms with Crippen LogP contribution < -0.4 is 10.6 Å². The van der Waals surface area contributed by atoms with Gasteiger partial charge in [0.2, 0.25) is 5.91 Å². The summed E-state index contributed by atoms with van der Waals surface area (Å²) in [7, 11) is 0. The Bertz CT molecular complexity index is 445. The molecule has 0 aliphatic heterocycles. The Morgan fingerprint density at radius 2 is 1.71 bits per heavy atom. The van der Waals surface area contributed by atoms with Crippen LogP contribution in [0.2, 0.25) is 0 Å². The lowest BCUT2D eigenvalue weighted by Crippen LogP contribution is -2.41. The Morgan fingerprint density at radius 1 is 1.14 bits per heavy atom. The highest BCUT2D eigenvalue weighted by atomic mass is 16.2. The molecule has 0 spiro atoms. The van der Waals surface area contributed by atoms with Crippen LogP contribution in [0.25, 0.3) is 0 Å². The SMILES string of the molecule is CC(C)N(C(=O)C1CCCCCC1)c1ccc(CN)cc1. The summed E-state index contributed by atoms with van der Waals surface area (Å²) in [6, 6.07) is 8.27. The molecular formula is C18H28N2O. The molecule has 1 aliphatic rings. The molecule has 0 aromatic heterocycles. The van der Waals surface area contributed by atoms with Crippen LogP contribution in [0.4, 0.5) is 5.69 Å². The maximum atomic E-state index is 12.9. The van der Waals surface area contributed by atoms with Gasteiger partial charge in [-0.2, -0.15) is 0 Å². The van der Waals surface area contributed by atoms with Crippen LogP contribution in [0, 0.1) is 5.92 Å². The van der Waals surface area contributed by atoms with Crippen LogP contribution in [0.5, 0.6) is 0 Å². The molecule has 0 atom stereocenters. The molecule has 1 aromatic carbocycles. The third-order valence-corrected chi connectivity index (χ3v) is 4.41. The maximum Gasteiger partial charge on any atom is 0.230 e. The Kier molecular flexibility index (Phi) is 5.80. The number of nitrogens with two attached hydrogens (primary N) is 1. The van der Waals surface area contributed by atoms with Gasteiger partial charge >= 0.3 is 0 Å². The predicted molar refractivity (Wildman–Crippen MR) is 88.1 cm³/mol. The van der Waals surface area contributed by atoms with Crippen LogP contribution in [-0.4, -0.2) is 11.9 Å². The lowest BCUT2D eigenvalue weighted by molar-refractivity contribution is -0.123. The van der Waals surface area contributed by atoms with Gasteiger partial charge in [0, 0.05) is 24.2 Å². The molecule has 3 heteroatoms. The Balaban J connectivity index is 2.18.